The fourth-order valence-electron chi connectivity index (χ4n) is 3.24. The van der Waals surface area contributed by atoms with Crippen LogP contribution in [0.3, 0.4) is 0 Å². The molecule has 1 fully saturated rings. The number of nitrogen functional groups attached to an aromatic ring is 1. The second-order valence-corrected chi connectivity index (χ2v) is 6.00. The third kappa shape index (κ3) is 1.82. The Hall–Kier alpha value is -1.55. The Balaban J connectivity index is 2.11. The second-order valence-electron chi connectivity index (χ2n) is 5.60. The van der Waals surface area contributed by atoms with Crippen LogP contribution in [0.4, 0.5) is 5.69 Å². The zero-order valence-corrected chi connectivity index (χ0v) is 11.9. The fraction of sp³-hybridized carbons (Fsp3) is 0.429. The molecule has 4 nitrogen and oxygen atoms in total. The molecular weight excluding hydrogens is 260 g/mol. The average molecular weight is 277 g/mol. The summed E-state index contributed by atoms with van der Waals surface area (Å²) in [6.45, 7) is 2.26. The quantitative estimate of drug-likeness (QED) is 0.858. The first-order valence-electron chi connectivity index (χ1n) is 6.43. The van der Waals surface area contributed by atoms with E-state index in [2.05, 4.69) is 23.2 Å². The molecule has 0 saturated heterocycles. The van der Waals surface area contributed by atoms with Crippen LogP contribution >= 0.6 is 11.6 Å². The van der Waals surface area contributed by atoms with Crippen molar-refractivity contribution in [2.24, 2.45) is 13.0 Å². The maximum absolute atomic E-state index is 6.02. The van der Waals surface area contributed by atoms with Gasteiger partial charge >= 0.3 is 0 Å². The van der Waals surface area contributed by atoms with Crippen molar-refractivity contribution >= 4 is 17.3 Å². The molecule has 1 heterocycles. The smallest absolute Gasteiger partial charge is 0.143 e. The maximum atomic E-state index is 6.02. The summed E-state index contributed by atoms with van der Waals surface area (Å²) in [6, 6.07) is 5.90. The Bertz CT molecular complexity index is 614. The highest BCUT2D eigenvalue weighted by Gasteiger charge is 2.48. The topological polar surface area (TPSA) is 56.7 Å². The van der Waals surface area contributed by atoms with E-state index in [-0.39, 0.29) is 5.41 Å². The zero-order valence-electron chi connectivity index (χ0n) is 11.1. The van der Waals surface area contributed by atoms with E-state index in [9.17, 15) is 0 Å². The second kappa shape index (κ2) is 4.23. The van der Waals surface area contributed by atoms with Gasteiger partial charge in [0.15, 0.2) is 0 Å². The Morgan fingerprint density at radius 2 is 2.16 bits per heavy atom. The van der Waals surface area contributed by atoms with Crippen molar-refractivity contribution in [1.29, 1.82) is 0 Å². The highest BCUT2D eigenvalue weighted by molar-refractivity contribution is 6.33. The molecule has 19 heavy (non-hydrogen) atoms. The largest absolute Gasteiger partial charge is 0.398 e. The summed E-state index contributed by atoms with van der Waals surface area (Å²) in [6.07, 6.45) is 3.89. The van der Waals surface area contributed by atoms with Gasteiger partial charge in [-0.1, -0.05) is 24.6 Å². The van der Waals surface area contributed by atoms with E-state index in [0.717, 1.165) is 18.7 Å². The summed E-state index contributed by atoms with van der Waals surface area (Å²) < 4.78 is 2.00. The van der Waals surface area contributed by atoms with Gasteiger partial charge in [0.05, 0.1) is 16.1 Å². The molecule has 0 radical (unpaired) electrons. The van der Waals surface area contributed by atoms with E-state index in [0.29, 0.717) is 16.6 Å². The Kier molecular flexibility index (Phi) is 2.78. The molecule has 1 aromatic carbocycles. The number of anilines is 1. The molecule has 0 aliphatic heterocycles. The lowest BCUT2D eigenvalue weighted by molar-refractivity contribution is 0.185. The van der Waals surface area contributed by atoms with Crippen molar-refractivity contribution in [2.45, 2.75) is 25.2 Å². The zero-order chi connectivity index (χ0) is 13.6. The summed E-state index contributed by atoms with van der Waals surface area (Å²) in [5, 5.41) is 8.93. The number of hydrogen-bond acceptors (Lipinski definition) is 3. The first kappa shape index (κ1) is 12.5. The number of benzene rings is 1. The van der Waals surface area contributed by atoms with Gasteiger partial charge in [0.1, 0.15) is 12.2 Å². The van der Waals surface area contributed by atoms with E-state index in [4.69, 9.17) is 17.3 Å². The Morgan fingerprint density at radius 3 is 2.68 bits per heavy atom. The van der Waals surface area contributed by atoms with Gasteiger partial charge in [-0.25, -0.2) is 0 Å². The summed E-state index contributed by atoms with van der Waals surface area (Å²) in [4.78, 5) is 0. The van der Waals surface area contributed by atoms with Crippen molar-refractivity contribution in [1.82, 2.24) is 14.8 Å². The van der Waals surface area contributed by atoms with Crippen molar-refractivity contribution in [3.63, 3.8) is 0 Å². The maximum Gasteiger partial charge on any atom is 0.143 e. The molecular formula is C14H17ClN4. The molecule has 0 atom stereocenters. The number of aromatic nitrogens is 3. The van der Waals surface area contributed by atoms with Crippen molar-refractivity contribution in [3.8, 4) is 0 Å². The summed E-state index contributed by atoms with van der Waals surface area (Å²) in [7, 11) is 1.99. The van der Waals surface area contributed by atoms with E-state index in [1.165, 1.54) is 5.56 Å². The molecule has 2 N–H and O–H groups in total. The van der Waals surface area contributed by atoms with Crippen LogP contribution in [0, 0.1) is 5.92 Å². The van der Waals surface area contributed by atoms with Gasteiger partial charge < -0.3 is 10.3 Å². The lowest BCUT2D eigenvalue weighted by Crippen LogP contribution is -2.43. The van der Waals surface area contributed by atoms with E-state index in [1.807, 2.05) is 23.7 Å². The molecule has 0 spiro atoms. The van der Waals surface area contributed by atoms with Crippen LogP contribution < -0.4 is 5.73 Å². The van der Waals surface area contributed by atoms with E-state index in [1.54, 1.807) is 6.33 Å². The summed E-state index contributed by atoms with van der Waals surface area (Å²) in [5.41, 5.74) is 7.69. The predicted octanol–water partition coefficient (Wildman–Crippen LogP) is 2.77. The third-order valence-corrected chi connectivity index (χ3v) is 4.43. The van der Waals surface area contributed by atoms with E-state index < -0.39 is 0 Å². The van der Waals surface area contributed by atoms with Crippen LogP contribution in [0.5, 0.6) is 0 Å². The number of halogens is 1. The van der Waals surface area contributed by atoms with Crippen molar-refractivity contribution < 1.29 is 0 Å². The SMILES string of the molecule is CC1CC(c2ccc(Cl)c(N)c2)(c2nncn2C)C1. The standard InChI is InChI=1S/C14H17ClN4/c1-9-6-14(7-9,13-18-17-8-19(13)2)10-3-4-11(15)12(16)5-10/h3-5,8-9H,6-7,16H2,1-2H3. The lowest BCUT2D eigenvalue weighted by atomic mass is 9.58. The molecule has 0 amide bonds. The van der Waals surface area contributed by atoms with Gasteiger partial charge in [-0.05, 0) is 36.5 Å². The van der Waals surface area contributed by atoms with Gasteiger partial charge in [-0.15, -0.1) is 10.2 Å². The fourth-order valence-corrected chi connectivity index (χ4v) is 3.35. The van der Waals surface area contributed by atoms with Gasteiger partial charge in [0, 0.05) is 7.05 Å². The predicted molar refractivity (Wildman–Crippen MR) is 76.0 cm³/mol. The van der Waals surface area contributed by atoms with Crippen LogP contribution in [-0.4, -0.2) is 14.8 Å². The first-order chi connectivity index (χ1) is 9.03. The van der Waals surface area contributed by atoms with Crippen molar-refractivity contribution in [2.75, 3.05) is 5.73 Å². The molecule has 0 unspecified atom stereocenters. The van der Waals surface area contributed by atoms with Crippen LogP contribution in [0.2, 0.25) is 5.02 Å². The number of aryl methyl sites for hydroxylation is 1. The van der Waals surface area contributed by atoms with Gasteiger partial charge in [0.25, 0.3) is 0 Å². The highest BCUT2D eigenvalue weighted by Crippen LogP contribution is 2.51. The average Bonchev–Trinajstić information content (AvgIpc) is 2.75. The van der Waals surface area contributed by atoms with Crippen LogP contribution in [0.25, 0.3) is 0 Å². The molecule has 3 rings (SSSR count). The molecule has 2 aromatic rings. The van der Waals surface area contributed by atoms with Gasteiger partial charge in [-0.2, -0.15) is 0 Å². The number of hydrogen-bond donors (Lipinski definition) is 1. The molecule has 0 bridgehead atoms. The number of rotatable bonds is 2. The Labute approximate surface area is 117 Å². The van der Waals surface area contributed by atoms with Crippen molar-refractivity contribution in [3.05, 3.63) is 40.9 Å². The van der Waals surface area contributed by atoms with Crippen LogP contribution in [0.15, 0.2) is 24.5 Å². The van der Waals surface area contributed by atoms with Gasteiger partial charge in [0.2, 0.25) is 0 Å². The molecule has 1 saturated carbocycles. The van der Waals surface area contributed by atoms with E-state index >= 15 is 0 Å². The lowest BCUT2D eigenvalue weighted by Gasteiger charge is -2.46. The minimum absolute atomic E-state index is 0.0661. The normalized spacial score (nSPS) is 26.2. The molecule has 1 aliphatic rings. The summed E-state index contributed by atoms with van der Waals surface area (Å²) in [5.74, 6) is 1.70. The minimum Gasteiger partial charge on any atom is -0.398 e. The van der Waals surface area contributed by atoms with Crippen LogP contribution in [0.1, 0.15) is 31.2 Å². The highest BCUT2D eigenvalue weighted by atomic mass is 35.5. The Morgan fingerprint density at radius 1 is 1.42 bits per heavy atom. The summed E-state index contributed by atoms with van der Waals surface area (Å²) >= 11 is 6.02. The molecule has 1 aliphatic carbocycles. The molecule has 1 aromatic heterocycles. The number of nitrogens with two attached hydrogens (primary N) is 1. The monoisotopic (exact) mass is 276 g/mol. The molecule has 100 valence electrons. The minimum atomic E-state index is -0.0661. The first-order valence-corrected chi connectivity index (χ1v) is 6.81. The third-order valence-electron chi connectivity index (χ3n) is 4.08. The van der Waals surface area contributed by atoms with Crippen LogP contribution in [-0.2, 0) is 12.5 Å². The number of nitrogens with zero attached hydrogens (tertiary/aromatic N) is 3. The van der Waals surface area contributed by atoms with Gasteiger partial charge in [-0.3, -0.25) is 0 Å². The molecule has 5 heteroatoms.